The number of hydrogen-bond acceptors (Lipinski definition) is 8. The summed E-state index contributed by atoms with van der Waals surface area (Å²) in [6.07, 6.45) is 0. The quantitative estimate of drug-likeness (QED) is 0.294. The van der Waals surface area contributed by atoms with Gasteiger partial charge in [0.15, 0.2) is 0 Å². The third-order valence-electron chi connectivity index (χ3n) is 5.14. The molecule has 1 saturated heterocycles. The first kappa shape index (κ1) is 26.0. The van der Waals surface area contributed by atoms with Gasteiger partial charge in [-0.05, 0) is 30.2 Å². The summed E-state index contributed by atoms with van der Waals surface area (Å²) in [7, 11) is -2.79. The maximum atomic E-state index is 13.4. The van der Waals surface area contributed by atoms with Gasteiger partial charge in [0.1, 0.15) is 11.8 Å². The molecular formula is C20H32N4O7S. The van der Waals surface area contributed by atoms with Crippen LogP contribution in [0.3, 0.4) is 0 Å². The minimum Gasteiger partial charge on any atom is -0.497 e. The highest BCUT2D eigenvalue weighted by molar-refractivity contribution is 7.89. The number of rotatable bonds is 11. The molecule has 1 aromatic carbocycles. The zero-order valence-corrected chi connectivity index (χ0v) is 19.4. The fourth-order valence-corrected chi connectivity index (χ4v) is 5.10. The molecule has 0 radical (unpaired) electrons. The van der Waals surface area contributed by atoms with Gasteiger partial charge in [0.05, 0.1) is 31.8 Å². The third-order valence-corrected chi connectivity index (χ3v) is 6.98. The lowest BCUT2D eigenvalue weighted by molar-refractivity contribution is -0.135. The predicted octanol–water partition coefficient (Wildman–Crippen LogP) is -0.336. The molecule has 2 rings (SSSR count). The van der Waals surface area contributed by atoms with Gasteiger partial charge in [-0.1, -0.05) is 13.8 Å². The van der Waals surface area contributed by atoms with Crippen LogP contribution in [-0.4, -0.2) is 93.7 Å². The lowest BCUT2D eigenvalue weighted by Gasteiger charge is -2.31. The number of nitrogens with zero attached hydrogens (tertiary/aromatic N) is 2. The monoisotopic (exact) mass is 472 g/mol. The Hall–Kier alpha value is -2.25. The molecule has 0 saturated carbocycles. The van der Waals surface area contributed by atoms with Crippen LogP contribution in [0.4, 0.5) is 0 Å². The van der Waals surface area contributed by atoms with Crippen molar-refractivity contribution < 1.29 is 32.7 Å². The molecule has 0 aromatic heterocycles. The Bertz CT molecular complexity index is 855. The number of sulfonamides is 1. The average Bonchev–Trinajstić information content (AvgIpc) is 2.79. The second-order valence-corrected chi connectivity index (χ2v) is 9.59. The van der Waals surface area contributed by atoms with E-state index in [1.54, 1.807) is 13.8 Å². The maximum absolute atomic E-state index is 13.4. The molecule has 12 heteroatoms. The lowest BCUT2D eigenvalue weighted by atomic mass is 10.0. The number of morpholine rings is 1. The highest BCUT2D eigenvalue weighted by atomic mass is 32.2. The van der Waals surface area contributed by atoms with Crippen LogP contribution in [0.25, 0.3) is 0 Å². The number of amides is 2. The molecule has 1 aromatic rings. The zero-order chi connectivity index (χ0) is 23.7. The molecule has 0 spiro atoms. The molecule has 1 aliphatic heterocycles. The van der Waals surface area contributed by atoms with Crippen molar-refractivity contribution in [2.75, 3.05) is 53.0 Å². The van der Waals surface area contributed by atoms with E-state index >= 15 is 0 Å². The van der Waals surface area contributed by atoms with Crippen LogP contribution < -0.4 is 15.5 Å². The molecule has 0 unspecified atom stereocenters. The van der Waals surface area contributed by atoms with Gasteiger partial charge in [0, 0.05) is 26.2 Å². The van der Waals surface area contributed by atoms with Crippen LogP contribution in [0.2, 0.25) is 0 Å². The van der Waals surface area contributed by atoms with Gasteiger partial charge >= 0.3 is 0 Å². The topological polar surface area (TPSA) is 138 Å². The summed E-state index contributed by atoms with van der Waals surface area (Å²) in [5, 5.41) is 11.9. The standard InChI is InChI=1S/C20H32N4O7S/c1-15(2)19(20(26)22-27)24(32(28,29)17-6-4-16(30-3)5-7-17)14-18(25)21-8-9-23-10-12-31-13-11-23/h4-7,15,19,27H,8-14H2,1-3H3,(H,21,25)(H,22,26)/t19-/m1/s1. The van der Waals surface area contributed by atoms with E-state index in [2.05, 4.69) is 10.2 Å². The summed E-state index contributed by atoms with van der Waals surface area (Å²) in [6, 6.07) is 4.34. The third kappa shape index (κ3) is 6.87. The Morgan fingerprint density at radius 1 is 1.22 bits per heavy atom. The fraction of sp³-hybridized carbons (Fsp3) is 0.600. The van der Waals surface area contributed by atoms with Crippen molar-refractivity contribution in [2.24, 2.45) is 5.92 Å². The fourth-order valence-electron chi connectivity index (χ4n) is 3.42. The minimum atomic E-state index is -4.25. The van der Waals surface area contributed by atoms with Gasteiger partial charge in [0.2, 0.25) is 15.9 Å². The number of carbonyl (C=O) groups excluding carboxylic acids is 2. The Morgan fingerprint density at radius 3 is 2.38 bits per heavy atom. The molecule has 1 aliphatic rings. The Balaban J connectivity index is 2.20. The normalized spacial score (nSPS) is 16.1. The van der Waals surface area contributed by atoms with E-state index in [1.165, 1.54) is 36.9 Å². The van der Waals surface area contributed by atoms with Gasteiger partial charge in [-0.3, -0.25) is 19.7 Å². The highest BCUT2D eigenvalue weighted by Crippen LogP contribution is 2.24. The first-order chi connectivity index (χ1) is 15.2. The van der Waals surface area contributed by atoms with Crippen molar-refractivity contribution in [2.45, 2.75) is 24.8 Å². The first-order valence-corrected chi connectivity index (χ1v) is 11.8. The van der Waals surface area contributed by atoms with Crippen LogP contribution in [0, 0.1) is 5.92 Å². The molecule has 0 aliphatic carbocycles. The second-order valence-electron chi connectivity index (χ2n) is 7.69. The predicted molar refractivity (Wildman–Crippen MR) is 116 cm³/mol. The van der Waals surface area contributed by atoms with Gasteiger partial charge in [-0.2, -0.15) is 4.31 Å². The van der Waals surface area contributed by atoms with Crippen molar-refractivity contribution in [3.63, 3.8) is 0 Å². The lowest BCUT2D eigenvalue weighted by Crippen LogP contribution is -2.54. The molecule has 11 nitrogen and oxygen atoms in total. The smallest absolute Gasteiger partial charge is 0.262 e. The Labute approximate surface area is 188 Å². The van der Waals surface area contributed by atoms with Crippen molar-refractivity contribution in [3.8, 4) is 5.75 Å². The minimum absolute atomic E-state index is 0.101. The summed E-state index contributed by atoms with van der Waals surface area (Å²) in [6.45, 7) is 6.41. The average molecular weight is 473 g/mol. The van der Waals surface area contributed by atoms with Crippen LogP contribution in [-0.2, 0) is 24.3 Å². The molecule has 2 amide bonds. The van der Waals surface area contributed by atoms with Gasteiger partial charge in [0.25, 0.3) is 5.91 Å². The number of ether oxygens (including phenoxy) is 2. The Morgan fingerprint density at radius 2 is 1.84 bits per heavy atom. The number of nitrogens with one attached hydrogen (secondary N) is 2. The van der Waals surface area contributed by atoms with Gasteiger partial charge in [-0.15, -0.1) is 0 Å². The van der Waals surface area contributed by atoms with E-state index in [-0.39, 0.29) is 4.90 Å². The number of benzene rings is 1. The number of carbonyl (C=O) groups is 2. The summed E-state index contributed by atoms with van der Waals surface area (Å²) in [5.74, 6) is -1.52. The SMILES string of the molecule is COc1ccc(S(=O)(=O)N(CC(=O)NCCN2CCOCC2)[C@@H](C(=O)NO)C(C)C)cc1. The molecule has 0 bridgehead atoms. The van der Waals surface area contributed by atoms with Crippen LogP contribution in [0.5, 0.6) is 5.75 Å². The van der Waals surface area contributed by atoms with Crippen LogP contribution >= 0.6 is 0 Å². The van der Waals surface area contributed by atoms with Crippen molar-refractivity contribution in [1.82, 2.24) is 20.0 Å². The van der Waals surface area contributed by atoms with Crippen LogP contribution in [0.15, 0.2) is 29.2 Å². The summed E-state index contributed by atoms with van der Waals surface area (Å²) >= 11 is 0. The highest BCUT2D eigenvalue weighted by Gasteiger charge is 2.39. The van der Waals surface area contributed by atoms with E-state index in [0.29, 0.717) is 32.1 Å². The largest absolute Gasteiger partial charge is 0.497 e. The second kappa shape index (κ2) is 12.1. The van der Waals surface area contributed by atoms with E-state index in [4.69, 9.17) is 9.47 Å². The number of hydrogen-bond donors (Lipinski definition) is 3. The molecule has 1 fully saturated rings. The molecule has 1 heterocycles. The maximum Gasteiger partial charge on any atom is 0.262 e. The van der Waals surface area contributed by atoms with Gasteiger partial charge < -0.3 is 14.8 Å². The van der Waals surface area contributed by atoms with Crippen molar-refractivity contribution in [1.29, 1.82) is 0 Å². The number of hydroxylamine groups is 1. The summed E-state index contributed by atoms with van der Waals surface area (Å²) < 4.78 is 37.9. The molecular weight excluding hydrogens is 440 g/mol. The van der Waals surface area contributed by atoms with E-state index in [9.17, 15) is 23.2 Å². The van der Waals surface area contributed by atoms with Crippen LogP contribution in [0.1, 0.15) is 13.8 Å². The zero-order valence-electron chi connectivity index (χ0n) is 18.6. The van der Waals surface area contributed by atoms with Crippen molar-refractivity contribution >= 4 is 21.8 Å². The van der Waals surface area contributed by atoms with E-state index in [1.807, 2.05) is 0 Å². The molecule has 32 heavy (non-hydrogen) atoms. The molecule has 3 N–H and O–H groups in total. The molecule has 180 valence electrons. The van der Waals surface area contributed by atoms with E-state index in [0.717, 1.165) is 17.4 Å². The first-order valence-electron chi connectivity index (χ1n) is 10.4. The Kier molecular flexibility index (Phi) is 9.84. The summed E-state index contributed by atoms with van der Waals surface area (Å²) in [5.41, 5.74) is 1.51. The van der Waals surface area contributed by atoms with Gasteiger partial charge in [-0.25, -0.2) is 13.9 Å². The van der Waals surface area contributed by atoms with E-state index < -0.39 is 40.3 Å². The van der Waals surface area contributed by atoms with Crippen molar-refractivity contribution in [3.05, 3.63) is 24.3 Å². The number of methoxy groups -OCH3 is 1. The molecule has 1 atom stereocenters. The summed E-state index contributed by atoms with van der Waals surface area (Å²) in [4.78, 5) is 27.0.